The molecule has 0 saturated carbocycles. The molecule has 1 aromatic heterocycles. The predicted octanol–water partition coefficient (Wildman–Crippen LogP) is 1.70. The Labute approximate surface area is 103 Å². The molecule has 3 N–H and O–H groups in total. The summed E-state index contributed by atoms with van der Waals surface area (Å²) in [7, 11) is 0. The Morgan fingerprint density at radius 1 is 1.47 bits per heavy atom. The van der Waals surface area contributed by atoms with Crippen molar-refractivity contribution in [1.82, 2.24) is 5.32 Å². The number of hydrogen-bond donors (Lipinski definition) is 3. The van der Waals surface area contributed by atoms with Gasteiger partial charge >= 0.3 is 0 Å². The van der Waals surface area contributed by atoms with E-state index < -0.39 is 11.7 Å². The molecule has 98 valence electrons. The van der Waals surface area contributed by atoms with Gasteiger partial charge < -0.3 is 19.9 Å². The van der Waals surface area contributed by atoms with Crippen molar-refractivity contribution >= 4 is 0 Å². The van der Waals surface area contributed by atoms with Crippen molar-refractivity contribution in [3.63, 3.8) is 0 Å². The van der Waals surface area contributed by atoms with E-state index in [1.54, 1.807) is 19.1 Å². The molecular weight excluding hydrogens is 218 g/mol. The SMILES string of the molecule is CC(C)CC(C)(O)CNCC(O)c1ccco1. The van der Waals surface area contributed by atoms with Crippen LogP contribution in [0.1, 0.15) is 39.1 Å². The summed E-state index contributed by atoms with van der Waals surface area (Å²) >= 11 is 0. The first-order valence-electron chi connectivity index (χ1n) is 6.05. The maximum Gasteiger partial charge on any atom is 0.133 e. The minimum absolute atomic E-state index is 0.377. The van der Waals surface area contributed by atoms with Crippen molar-refractivity contribution in [1.29, 1.82) is 0 Å². The number of hydrogen-bond acceptors (Lipinski definition) is 4. The van der Waals surface area contributed by atoms with Crippen LogP contribution in [0.15, 0.2) is 22.8 Å². The molecule has 0 amide bonds. The highest BCUT2D eigenvalue weighted by Gasteiger charge is 2.22. The van der Waals surface area contributed by atoms with Crippen LogP contribution in [0.4, 0.5) is 0 Å². The molecule has 4 nitrogen and oxygen atoms in total. The van der Waals surface area contributed by atoms with E-state index in [1.165, 1.54) is 6.26 Å². The van der Waals surface area contributed by atoms with Gasteiger partial charge in [0.25, 0.3) is 0 Å². The summed E-state index contributed by atoms with van der Waals surface area (Å²) in [6.45, 7) is 6.79. The number of rotatable bonds is 7. The van der Waals surface area contributed by atoms with Crippen molar-refractivity contribution in [2.45, 2.75) is 38.9 Å². The Morgan fingerprint density at radius 2 is 2.18 bits per heavy atom. The van der Waals surface area contributed by atoms with Crippen molar-refractivity contribution < 1.29 is 14.6 Å². The first kappa shape index (κ1) is 14.2. The molecule has 0 bridgehead atoms. The zero-order chi connectivity index (χ0) is 12.9. The standard InChI is InChI=1S/C13H23NO3/c1-10(2)7-13(3,16)9-14-8-11(15)12-5-4-6-17-12/h4-6,10-11,14-16H,7-9H2,1-3H3. The molecule has 1 rings (SSSR count). The molecule has 0 saturated heterocycles. The summed E-state index contributed by atoms with van der Waals surface area (Å²) in [4.78, 5) is 0. The van der Waals surface area contributed by atoms with Crippen molar-refractivity contribution in [2.24, 2.45) is 5.92 Å². The van der Waals surface area contributed by atoms with E-state index in [0.29, 0.717) is 24.8 Å². The first-order valence-corrected chi connectivity index (χ1v) is 6.05. The molecule has 2 unspecified atom stereocenters. The van der Waals surface area contributed by atoms with Crippen LogP contribution >= 0.6 is 0 Å². The van der Waals surface area contributed by atoms with Gasteiger partial charge in [0.1, 0.15) is 11.9 Å². The lowest BCUT2D eigenvalue weighted by atomic mass is 9.94. The van der Waals surface area contributed by atoms with Gasteiger partial charge in [0.2, 0.25) is 0 Å². The van der Waals surface area contributed by atoms with Crippen LogP contribution < -0.4 is 5.32 Å². The van der Waals surface area contributed by atoms with Gasteiger partial charge in [-0.2, -0.15) is 0 Å². The van der Waals surface area contributed by atoms with Crippen LogP contribution in [-0.2, 0) is 0 Å². The van der Waals surface area contributed by atoms with Crippen LogP contribution in [0, 0.1) is 5.92 Å². The highest BCUT2D eigenvalue weighted by atomic mass is 16.4. The topological polar surface area (TPSA) is 65.6 Å². The fraction of sp³-hybridized carbons (Fsp3) is 0.692. The van der Waals surface area contributed by atoms with E-state index >= 15 is 0 Å². The Bertz CT molecular complexity index is 306. The summed E-state index contributed by atoms with van der Waals surface area (Å²) < 4.78 is 5.09. The lowest BCUT2D eigenvalue weighted by Gasteiger charge is -2.26. The van der Waals surface area contributed by atoms with E-state index in [2.05, 4.69) is 19.2 Å². The van der Waals surface area contributed by atoms with Crippen LogP contribution in [0.25, 0.3) is 0 Å². The number of aliphatic hydroxyl groups excluding tert-OH is 1. The van der Waals surface area contributed by atoms with Gasteiger partial charge in [-0.15, -0.1) is 0 Å². The molecule has 0 spiro atoms. The third-order valence-electron chi connectivity index (χ3n) is 2.56. The van der Waals surface area contributed by atoms with E-state index in [9.17, 15) is 10.2 Å². The molecule has 1 heterocycles. The quantitative estimate of drug-likeness (QED) is 0.680. The molecule has 0 aromatic carbocycles. The Kier molecular flexibility index (Phi) is 5.18. The molecule has 0 aliphatic carbocycles. The molecular formula is C13H23NO3. The molecule has 0 fully saturated rings. The summed E-state index contributed by atoms with van der Waals surface area (Å²) in [5.74, 6) is 0.989. The molecule has 0 radical (unpaired) electrons. The maximum absolute atomic E-state index is 10.1. The second kappa shape index (κ2) is 6.19. The van der Waals surface area contributed by atoms with Crippen LogP contribution in [0.5, 0.6) is 0 Å². The predicted molar refractivity (Wildman–Crippen MR) is 66.6 cm³/mol. The zero-order valence-corrected chi connectivity index (χ0v) is 10.8. The smallest absolute Gasteiger partial charge is 0.133 e. The largest absolute Gasteiger partial charge is 0.467 e. The zero-order valence-electron chi connectivity index (χ0n) is 10.8. The summed E-state index contributed by atoms with van der Waals surface area (Å²) in [5.41, 5.74) is -0.739. The molecule has 4 heteroatoms. The fourth-order valence-corrected chi connectivity index (χ4v) is 2.01. The van der Waals surface area contributed by atoms with E-state index in [1.807, 2.05) is 0 Å². The first-order chi connectivity index (χ1) is 7.91. The van der Waals surface area contributed by atoms with Crippen LogP contribution in [0.3, 0.4) is 0 Å². The Hall–Kier alpha value is -0.840. The van der Waals surface area contributed by atoms with Gasteiger partial charge in [-0.25, -0.2) is 0 Å². The lowest BCUT2D eigenvalue weighted by Crippen LogP contribution is -2.40. The third kappa shape index (κ3) is 5.35. The summed E-state index contributed by atoms with van der Waals surface area (Å²) in [5, 5.41) is 22.9. The molecule has 0 aliphatic heterocycles. The minimum Gasteiger partial charge on any atom is -0.467 e. The van der Waals surface area contributed by atoms with Gasteiger partial charge in [-0.05, 0) is 31.4 Å². The highest BCUT2D eigenvalue weighted by molar-refractivity contribution is 5.02. The van der Waals surface area contributed by atoms with Gasteiger partial charge in [0.05, 0.1) is 11.9 Å². The minimum atomic E-state index is -0.739. The lowest BCUT2D eigenvalue weighted by molar-refractivity contribution is 0.0343. The van der Waals surface area contributed by atoms with E-state index in [4.69, 9.17) is 4.42 Å². The Morgan fingerprint density at radius 3 is 2.71 bits per heavy atom. The number of nitrogens with one attached hydrogen (secondary N) is 1. The van der Waals surface area contributed by atoms with Crippen LogP contribution in [0.2, 0.25) is 0 Å². The molecule has 0 aliphatic rings. The number of aliphatic hydroxyl groups is 2. The van der Waals surface area contributed by atoms with Gasteiger partial charge in [0, 0.05) is 13.1 Å². The summed E-state index contributed by atoms with van der Waals surface area (Å²) in [6.07, 6.45) is 1.60. The second-order valence-corrected chi connectivity index (χ2v) is 5.26. The summed E-state index contributed by atoms with van der Waals surface area (Å²) in [6, 6.07) is 3.48. The third-order valence-corrected chi connectivity index (χ3v) is 2.56. The Balaban J connectivity index is 2.27. The second-order valence-electron chi connectivity index (χ2n) is 5.26. The number of furan rings is 1. The van der Waals surface area contributed by atoms with Crippen molar-refractivity contribution in [2.75, 3.05) is 13.1 Å². The molecule has 1 aromatic rings. The average Bonchev–Trinajstić information content (AvgIpc) is 2.67. The average molecular weight is 241 g/mol. The van der Waals surface area contributed by atoms with Gasteiger partial charge in [0.15, 0.2) is 0 Å². The molecule has 2 atom stereocenters. The van der Waals surface area contributed by atoms with Crippen LogP contribution in [-0.4, -0.2) is 28.9 Å². The fourth-order valence-electron chi connectivity index (χ4n) is 2.01. The van der Waals surface area contributed by atoms with Gasteiger partial charge in [-0.1, -0.05) is 13.8 Å². The normalized spacial score (nSPS) is 17.1. The van der Waals surface area contributed by atoms with Gasteiger partial charge in [-0.3, -0.25) is 0 Å². The van der Waals surface area contributed by atoms with Crippen molar-refractivity contribution in [3.8, 4) is 0 Å². The van der Waals surface area contributed by atoms with E-state index in [-0.39, 0.29) is 0 Å². The molecule has 17 heavy (non-hydrogen) atoms. The van der Waals surface area contributed by atoms with Crippen molar-refractivity contribution in [3.05, 3.63) is 24.2 Å². The highest BCUT2D eigenvalue weighted by Crippen LogP contribution is 2.16. The van der Waals surface area contributed by atoms with E-state index in [0.717, 1.165) is 6.42 Å². The monoisotopic (exact) mass is 241 g/mol. The maximum atomic E-state index is 10.1.